The standard InChI is InChI=1S/C40H54N4O6/c1-26-22-30(12-15-35(26)48-5)28-8-6-27(7-9-28)24-44(36-23-31(16-19-41-36)34-25-49-38(42-34)40(2,3)4)37(46)29-10-13-33(14-11-29)50-39(47)43-20-17-32(45)18-21-43/h12,15-16,19,22-23,25,27-29,32-33,45H,6-11,13-14,17-18,20-21,24H2,1-5H3/t27-,28-,29-,33-. The van der Waals surface area contributed by atoms with Crippen molar-refractivity contribution in [3.8, 4) is 17.0 Å². The molecule has 3 heterocycles. The molecule has 3 aliphatic rings. The molecule has 3 fully saturated rings. The fraction of sp³-hybridized carbons (Fsp3) is 0.600. The first-order chi connectivity index (χ1) is 24.0. The topological polar surface area (TPSA) is 118 Å². The van der Waals surface area contributed by atoms with E-state index >= 15 is 0 Å². The first kappa shape index (κ1) is 35.9. The van der Waals surface area contributed by atoms with Crippen LogP contribution in [-0.2, 0) is 14.9 Å². The molecule has 1 N–H and O–H groups in total. The molecule has 0 radical (unpaired) electrons. The third-order valence-electron chi connectivity index (χ3n) is 10.9. The molecule has 10 nitrogen and oxygen atoms in total. The van der Waals surface area contributed by atoms with Crippen LogP contribution < -0.4 is 9.64 Å². The molecule has 2 amide bonds. The summed E-state index contributed by atoms with van der Waals surface area (Å²) in [5, 5.41) is 9.80. The number of hydrogen-bond acceptors (Lipinski definition) is 8. The molecular weight excluding hydrogens is 632 g/mol. The van der Waals surface area contributed by atoms with E-state index in [1.807, 2.05) is 17.0 Å². The zero-order valence-electron chi connectivity index (χ0n) is 30.4. The van der Waals surface area contributed by atoms with E-state index in [0.717, 1.165) is 48.3 Å². The van der Waals surface area contributed by atoms with Crippen molar-refractivity contribution < 1.29 is 28.6 Å². The van der Waals surface area contributed by atoms with Crippen molar-refractivity contribution >= 4 is 17.8 Å². The zero-order chi connectivity index (χ0) is 35.4. The fourth-order valence-corrected chi connectivity index (χ4v) is 7.78. The maximum absolute atomic E-state index is 14.4. The number of carbonyl (C=O) groups excluding carboxylic acids is 2. The van der Waals surface area contributed by atoms with E-state index in [9.17, 15) is 14.7 Å². The fourth-order valence-electron chi connectivity index (χ4n) is 7.78. The highest BCUT2D eigenvalue weighted by atomic mass is 16.6. The molecule has 2 saturated carbocycles. The summed E-state index contributed by atoms with van der Waals surface area (Å²) in [6.07, 6.45) is 10.6. The first-order valence-electron chi connectivity index (χ1n) is 18.5. The van der Waals surface area contributed by atoms with Gasteiger partial charge in [0.05, 0.1) is 13.2 Å². The van der Waals surface area contributed by atoms with Gasteiger partial charge in [0.15, 0.2) is 5.89 Å². The summed E-state index contributed by atoms with van der Waals surface area (Å²) in [6, 6.07) is 10.4. The number of pyridine rings is 1. The predicted molar refractivity (Wildman–Crippen MR) is 192 cm³/mol. The minimum Gasteiger partial charge on any atom is -0.496 e. The highest BCUT2D eigenvalue weighted by molar-refractivity contribution is 5.94. The molecule has 270 valence electrons. The molecule has 1 aromatic carbocycles. The predicted octanol–water partition coefficient (Wildman–Crippen LogP) is 7.81. The highest BCUT2D eigenvalue weighted by Crippen LogP contribution is 2.39. The molecule has 1 saturated heterocycles. The summed E-state index contributed by atoms with van der Waals surface area (Å²) in [4.78, 5) is 40.4. The van der Waals surface area contributed by atoms with Crippen LogP contribution in [0.2, 0.25) is 0 Å². The number of aliphatic hydroxyl groups is 1. The number of rotatable bonds is 8. The summed E-state index contributed by atoms with van der Waals surface area (Å²) < 4.78 is 17.2. The number of ether oxygens (including phenoxy) is 2. The molecule has 3 aromatic rings. The van der Waals surface area contributed by atoms with Gasteiger partial charge in [0, 0.05) is 42.7 Å². The van der Waals surface area contributed by atoms with Crippen LogP contribution in [0.15, 0.2) is 47.2 Å². The van der Waals surface area contributed by atoms with Gasteiger partial charge >= 0.3 is 6.09 Å². The molecule has 0 unspecified atom stereocenters. The van der Waals surface area contributed by atoms with Crippen molar-refractivity contribution in [1.29, 1.82) is 0 Å². The van der Waals surface area contributed by atoms with Crippen LogP contribution in [0.1, 0.15) is 108 Å². The van der Waals surface area contributed by atoms with Gasteiger partial charge in [-0.2, -0.15) is 0 Å². The molecule has 0 atom stereocenters. The van der Waals surface area contributed by atoms with Crippen molar-refractivity contribution in [2.75, 3.05) is 31.6 Å². The Balaban J connectivity index is 1.15. The zero-order valence-corrected chi connectivity index (χ0v) is 30.4. The highest BCUT2D eigenvalue weighted by Gasteiger charge is 2.35. The lowest BCUT2D eigenvalue weighted by molar-refractivity contribution is -0.124. The Morgan fingerprint density at radius 2 is 1.70 bits per heavy atom. The van der Waals surface area contributed by atoms with E-state index in [1.54, 1.807) is 24.5 Å². The summed E-state index contributed by atoms with van der Waals surface area (Å²) in [6.45, 7) is 9.95. The Labute approximate surface area is 296 Å². The third-order valence-corrected chi connectivity index (χ3v) is 10.9. The number of amides is 2. The molecule has 0 bridgehead atoms. The van der Waals surface area contributed by atoms with Gasteiger partial charge in [-0.25, -0.2) is 14.8 Å². The Morgan fingerprint density at radius 1 is 0.980 bits per heavy atom. The summed E-state index contributed by atoms with van der Waals surface area (Å²) in [5.41, 5.74) is 3.90. The van der Waals surface area contributed by atoms with Crippen LogP contribution in [0, 0.1) is 18.8 Å². The number of nitrogens with zero attached hydrogens (tertiary/aromatic N) is 4. The molecular formula is C40H54N4O6. The van der Waals surface area contributed by atoms with Crippen molar-refractivity contribution in [2.24, 2.45) is 11.8 Å². The Kier molecular flexibility index (Phi) is 11.2. The van der Waals surface area contributed by atoms with Gasteiger partial charge in [-0.15, -0.1) is 0 Å². The molecule has 10 heteroatoms. The maximum Gasteiger partial charge on any atom is 0.410 e. The number of aryl methyl sites for hydroxylation is 1. The molecule has 50 heavy (non-hydrogen) atoms. The van der Waals surface area contributed by atoms with Gasteiger partial charge in [0.25, 0.3) is 0 Å². The quantitative estimate of drug-likeness (QED) is 0.255. The lowest BCUT2D eigenvalue weighted by Gasteiger charge is -2.36. The average molecular weight is 687 g/mol. The normalized spacial score (nSPS) is 23.4. The minimum absolute atomic E-state index is 0.0906. The number of anilines is 1. The van der Waals surface area contributed by atoms with Gasteiger partial charge in [0.2, 0.25) is 5.91 Å². The minimum atomic E-state index is -0.344. The first-order valence-corrected chi connectivity index (χ1v) is 18.5. The second-order valence-electron chi connectivity index (χ2n) is 15.7. The second kappa shape index (κ2) is 15.5. The number of carbonyl (C=O) groups is 2. The van der Waals surface area contributed by atoms with Crippen molar-refractivity contribution in [3.63, 3.8) is 0 Å². The van der Waals surface area contributed by atoms with Crippen LogP contribution in [0.5, 0.6) is 5.75 Å². The number of aliphatic hydroxyl groups excluding tert-OH is 1. The average Bonchev–Trinajstić information content (AvgIpc) is 3.63. The van der Waals surface area contributed by atoms with Crippen LogP contribution in [0.4, 0.5) is 10.6 Å². The SMILES string of the molecule is COc1ccc([C@H]2CC[C@H](CN(c3cc(-c4coc(C(C)(C)C)n4)ccn3)C(=O)[C@H]3CC[C@H](OC(=O)N4CCC(O)CC4)CC3)CC2)cc1C. The van der Waals surface area contributed by atoms with Gasteiger partial charge in [-0.3, -0.25) is 9.69 Å². The largest absolute Gasteiger partial charge is 0.496 e. The molecule has 6 rings (SSSR count). The van der Waals surface area contributed by atoms with E-state index in [2.05, 4.69) is 45.9 Å². The molecule has 1 aliphatic heterocycles. The Bertz CT molecular complexity index is 1610. The van der Waals surface area contributed by atoms with Gasteiger partial charge < -0.3 is 23.9 Å². The Morgan fingerprint density at radius 3 is 2.34 bits per heavy atom. The van der Waals surface area contributed by atoms with Gasteiger partial charge in [0.1, 0.15) is 29.6 Å². The van der Waals surface area contributed by atoms with Gasteiger partial charge in [-0.1, -0.05) is 32.9 Å². The number of hydrogen-bond donors (Lipinski definition) is 1. The third kappa shape index (κ3) is 8.50. The number of likely N-dealkylation sites (tertiary alicyclic amines) is 1. The number of benzene rings is 1. The number of oxazole rings is 1. The molecule has 2 aliphatic carbocycles. The van der Waals surface area contributed by atoms with E-state index in [-0.39, 0.29) is 35.5 Å². The summed E-state index contributed by atoms with van der Waals surface area (Å²) in [7, 11) is 1.71. The lowest BCUT2D eigenvalue weighted by Crippen LogP contribution is -2.44. The number of piperidine rings is 1. The molecule has 2 aromatic heterocycles. The monoisotopic (exact) mass is 686 g/mol. The Hall–Kier alpha value is -3.92. The van der Waals surface area contributed by atoms with E-state index in [1.165, 1.54) is 5.56 Å². The van der Waals surface area contributed by atoms with Crippen molar-refractivity contribution in [1.82, 2.24) is 14.9 Å². The summed E-state index contributed by atoms with van der Waals surface area (Å²) in [5.74, 6) is 3.01. The van der Waals surface area contributed by atoms with E-state index in [4.69, 9.17) is 23.9 Å². The number of aromatic nitrogens is 2. The van der Waals surface area contributed by atoms with Crippen molar-refractivity contribution in [2.45, 2.75) is 115 Å². The second-order valence-corrected chi connectivity index (χ2v) is 15.7. The van der Waals surface area contributed by atoms with Crippen LogP contribution in [-0.4, -0.2) is 70.9 Å². The van der Waals surface area contributed by atoms with Crippen molar-refractivity contribution in [3.05, 3.63) is 59.8 Å². The van der Waals surface area contributed by atoms with E-state index in [0.29, 0.717) is 81.7 Å². The van der Waals surface area contributed by atoms with Crippen LogP contribution >= 0.6 is 0 Å². The van der Waals surface area contributed by atoms with Crippen LogP contribution in [0.25, 0.3) is 11.3 Å². The number of methoxy groups -OCH3 is 1. The molecule has 0 spiro atoms. The lowest BCUT2D eigenvalue weighted by atomic mass is 9.78. The summed E-state index contributed by atoms with van der Waals surface area (Å²) >= 11 is 0. The maximum atomic E-state index is 14.4. The van der Waals surface area contributed by atoms with Gasteiger partial charge in [-0.05, 0) is 112 Å². The smallest absolute Gasteiger partial charge is 0.410 e. The van der Waals surface area contributed by atoms with E-state index < -0.39 is 0 Å². The van der Waals surface area contributed by atoms with Crippen LogP contribution in [0.3, 0.4) is 0 Å².